The summed E-state index contributed by atoms with van der Waals surface area (Å²) in [5.74, 6) is 0. The molecule has 7 aromatic carbocycles. The van der Waals surface area contributed by atoms with Crippen molar-refractivity contribution in [2.24, 2.45) is 0 Å². The Hall–Kier alpha value is -5.14. The maximum absolute atomic E-state index is 9.25. The van der Waals surface area contributed by atoms with Crippen molar-refractivity contribution in [2.45, 2.75) is 0 Å². The first kappa shape index (κ1) is 13.6. The summed E-state index contributed by atoms with van der Waals surface area (Å²) in [7, 11) is 0. The van der Waals surface area contributed by atoms with E-state index in [9.17, 15) is 1.37 Å². The SMILES string of the molecule is [2H]c1cc2c(-c3ccc(-c4ccccc4)cc3)c3cc([2H])c([2H])cc3c(-c3c([2H])c([2H])c([2H])c4oc5c([2H])c([2H])c([2H])c([2H])c5c34)c2cc1[2H]. The third-order valence-corrected chi connectivity index (χ3v) is 7.17. The van der Waals surface area contributed by atoms with Crippen molar-refractivity contribution >= 4 is 43.5 Å². The highest BCUT2D eigenvalue weighted by Gasteiger charge is 2.19. The molecule has 0 amide bonds. The third kappa shape index (κ3) is 3.41. The maximum atomic E-state index is 9.25. The van der Waals surface area contributed by atoms with Crippen LogP contribution >= 0.6 is 0 Å². The largest absolute Gasteiger partial charge is 0.456 e. The molecule has 0 radical (unpaired) electrons. The summed E-state index contributed by atoms with van der Waals surface area (Å²) in [4.78, 5) is 0. The van der Waals surface area contributed by atoms with Crippen LogP contribution in [-0.4, -0.2) is 0 Å². The molecule has 8 aromatic rings. The zero-order valence-corrected chi connectivity index (χ0v) is 20.4. The molecule has 0 aliphatic carbocycles. The fourth-order valence-electron chi connectivity index (χ4n) is 5.47. The Morgan fingerprint density at radius 1 is 0.410 bits per heavy atom. The van der Waals surface area contributed by atoms with Crippen LogP contribution in [0.15, 0.2) is 150 Å². The Labute approximate surface area is 242 Å². The van der Waals surface area contributed by atoms with E-state index in [0.29, 0.717) is 27.1 Å². The highest BCUT2D eigenvalue weighted by molar-refractivity contribution is 6.25. The molecule has 0 aliphatic rings. The molecule has 0 aliphatic heterocycles. The van der Waals surface area contributed by atoms with Crippen LogP contribution in [0.4, 0.5) is 0 Å². The smallest absolute Gasteiger partial charge is 0.136 e. The van der Waals surface area contributed by atoms with Crippen LogP contribution in [0.5, 0.6) is 0 Å². The van der Waals surface area contributed by atoms with Crippen molar-refractivity contribution in [1.82, 2.24) is 0 Å². The van der Waals surface area contributed by atoms with Crippen molar-refractivity contribution in [2.75, 3.05) is 0 Å². The van der Waals surface area contributed by atoms with Crippen molar-refractivity contribution in [3.63, 3.8) is 0 Å². The van der Waals surface area contributed by atoms with Gasteiger partial charge in [-0.15, -0.1) is 0 Å². The van der Waals surface area contributed by atoms with Crippen LogP contribution in [0.1, 0.15) is 15.1 Å². The van der Waals surface area contributed by atoms with E-state index in [1.165, 1.54) is 12.1 Å². The van der Waals surface area contributed by atoms with Crippen molar-refractivity contribution < 1.29 is 19.5 Å². The minimum absolute atomic E-state index is 0.0278. The van der Waals surface area contributed by atoms with Gasteiger partial charge >= 0.3 is 0 Å². The van der Waals surface area contributed by atoms with E-state index in [2.05, 4.69) is 0 Å². The van der Waals surface area contributed by atoms with Gasteiger partial charge in [-0.1, -0.05) is 133 Å². The van der Waals surface area contributed by atoms with E-state index in [4.69, 9.17) is 18.1 Å². The molecule has 1 heterocycles. The molecule has 0 atom stereocenters. The molecule has 0 unspecified atom stereocenters. The molecule has 39 heavy (non-hydrogen) atoms. The van der Waals surface area contributed by atoms with Crippen LogP contribution in [0.3, 0.4) is 0 Å². The van der Waals surface area contributed by atoms with Crippen LogP contribution in [-0.2, 0) is 0 Å². The van der Waals surface area contributed by atoms with Crippen LogP contribution in [0.2, 0.25) is 0 Å². The Balaban J connectivity index is 1.59. The normalized spacial score (nSPS) is 15.5. The molecule has 0 bridgehead atoms. The second-order valence-electron chi connectivity index (χ2n) is 9.26. The molecule has 0 saturated carbocycles. The van der Waals surface area contributed by atoms with Crippen LogP contribution in [0.25, 0.3) is 76.9 Å². The summed E-state index contributed by atoms with van der Waals surface area (Å²) < 4.78 is 101. The van der Waals surface area contributed by atoms with Gasteiger partial charge in [-0.2, -0.15) is 0 Å². The number of hydrogen-bond acceptors (Lipinski definition) is 1. The molecule has 0 N–H and O–H groups in total. The average molecular weight is 508 g/mol. The molecule has 182 valence electrons. The first-order valence-corrected chi connectivity index (χ1v) is 12.4. The average Bonchev–Trinajstić information content (AvgIpc) is 3.51. The van der Waals surface area contributed by atoms with Gasteiger partial charge in [0.1, 0.15) is 11.2 Å². The molecule has 0 spiro atoms. The Kier molecular flexibility index (Phi) is 3.04. The fourth-order valence-corrected chi connectivity index (χ4v) is 5.47. The van der Waals surface area contributed by atoms with Crippen molar-refractivity contribution in [3.8, 4) is 33.4 Å². The van der Waals surface area contributed by atoms with E-state index in [0.717, 1.165) is 16.7 Å². The summed E-state index contributed by atoms with van der Waals surface area (Å²) in [6, 6.07) is 19.9. The van der Waals surface area contributed by atoms with E-state index < -0.39 is 42.3 Å². The van der Waals surface area contributed by atoms with Gasteiger partial charge in [0, 0.05) is 10.8 Å². The lowest BCUT2D eigenvalue weighted by molar-refractivity contribution is 0.669. The first-order valence-electron chi connectivity index (χ1n) is 17.9. The molecule has 1 aromatic heterocycles. The first-order chi connectivity index (χ1) is 23.9. The zero-order chi connectivity index (χ0) is 35.3. The number of hydrogen-bond donors (Lipinski definition) is 0. The standard InChI is InChI=1S/C38H24O/c1-2-11-25(12-3-1)26-21-23-27(24-22-26)36-28-13-4-6-15-30(28)37(31-16-7-5-14-29(31)36)33-18-10-20-35-38(33)32-17-8-9-19-34(32)39-35/h1-24H/i4D,5D,6D,7D,8D,9D,10D,17D,18D,19D,20D. The Bertz CT molecular complexity index is 2680. The number of furan rings is 1. The van der Waals surface area contributed by atoms with Gasteiger partial charge in [-0.05, 0) is 67.0 Å². The highest BCUT2D eigenvalue weighted by Crippen LogP contribution is 2.46. The predicted molar refractivity (Wildman–Crippen MR) is 165 cm³/mol. The Morgan fingerprint density at radius 3 is 1.67 bits per heavy atom. The lowest BCUT2D eigenvalue weighted by Gasteiger charge is -2.18. The van der Waals surface area contributed by atoms with E-state index >= 15 is 0 Å². The Morgan fingerprint density at radius 2 is 0.974 bits per heavy atom. The number of benzene rings is 7. The van der Waals surface area contributed by atoms with Crippen molar-refractivity contribution in [3.05, 3.63) is 145 Å². The summed E-state index contributed by atoms with van der Waals surface area (Å²) in [6.45, 7) is 0. The van der Waals surface area contributed by atoms with Gasteiger partial charge in [-0.25, -0.2) is 0 Å². The molecule has 0 fully saturated rings. The quantitative estimate of drug-likeness (QED) is 0.217. The van der Waals surface area contributed by atoms with Gasteiger partial charge in [-0.3, -0.25) is 0 Å². The number of rotatable bonds is 3. The summed E-state index contributed by atoms with van der Waals surface area (Å²) >= 11 is 0. The van der Waals surface area contributed by atoms with Crippen LogP contribution in [0, 0.1) is 0 Å². The van der Waals surface area contributed by atoms with Crippen LogP contribution < -0.4 is 0 Å². The zero-order valence-electron chi connectivity index (χ0n) is 31.4. The van der Waals surface area contributed by atoms with Gasteiger partial charge in [0.15, 0.2) is 0 Å². The van der Waals surface area contributed by atoms with Crippen molar-refractivity contribution in [1.29, 1.82) is 0 Å². The number of fused-ring (bicyclic) bond motifs is 5. The predicted octanol–water partition coefficient (Wildman–Crippen LogP) is 10.9. The summed E-state index contributed by atoms with van der Waals surface area (Å²) in [5, 5.41) is 1.75. The topological polar surface area (TPSA) is 13.1 Å². The second-order valence-corrected chi connectivity index (χ2v) is 9.26. The molecule has 1 nitrogen and oxygen atoms in total. The molecule has 8 rings (SSSR count). The maximum Gasteiger partial charge on any atom is 0.136 e. The van der Waals surface area contributed by atoms with Gasteiger partial charge in [0.25, 0.3) is 0 Å². The lowest BCUT2D eigenvalue weighted by Crippen LogP contribution is -1.91. The lowest BCUT2D eigenvalue weighted by atomic mass is 9.84. The molecular weight excluding hydrogens is 472 g/mol. The minimum Gasteiger partial charge on any atom is -0.456 e. The molecule has 1 heteroatoms. The van der Waals surface area contributed by atoms with E-state index in [-0.39, 0.29) is 57.2 Å². The minimum atomic E-state index is -0.534. The summed E-state index contributed by atoms with van der Waals surface area (Å²) in [6.07, 6.45) is 0. The number of para-hydroxylation sites is 1. The third-order valence-electron chi connectivity index (χ3n) is 7.17. The van der Waals surface area contributed by atoms with E-state index in [1.54, 1.807) is 12.1 Å². The van der Waals surface area contributed by atoms with E-state index in [1.807, 2.05) is 54.6 Å². The molecular formula is C38H24O. The van der Waals surface area contributed by atoms with Gasteiger partial charge in [0.2, 0.25) is 0 Å². The fraction of sp³-hybridized carbons (Fsp3) is 0. The highest BCUT2D eigenvalue weighted by atomic mass is 16.3. The van der Waals surface area contributed by atoms with Gasteiger partial charge in [0.05, 0.1) is 15.1 Å². The second kappa shape index (κ2) is 8.72. The summed E-state index contributed by atoms with van der Waals surface area (Å²) in [5.41, 5.74) is 3.23. The molecule has 0 saturated heterocycles. The monoisotopic (exact) mass is 507 g/mol. The van der Waals surface area contributed by atoms with Gasteiger partial charge < -0.3 is 4.42 Å².